The van der Waals surface area contributed by atoms with Gasteiger partial charge in [-0.25, -0.2) is 0 Å². The van der Waals surface area contributed by atoms with E-state index in [9.17, 15) is 14.4 Å². The minimum atomic E-state index is -0.192. The summed E-state index contributed by atoms with van der Waals surface area (Å²) < 4.78 is 10.5. The van der Waals surface area contributed by atoms with E-state index in [4.69, 9.17) is 9.47 Å². The lowest BCUT2D eigenvalue weighted by Crippen LogP contribution is -2.58. The number of carbonyl (C=O) groups is 3. The van der Waals surface area contributed by atoms with Gasteiger partial charge in [0.25, 0.3) is 5.91 Å². The number of nitrogens with one attached hydrogen (secondary N) is 2. The number of hydrogen-bond acceptors (Lipinski definition) is 6. The molecule has 8 nitrogen and oxygen atoms in total. The van der Waals surface area contributed by atoms with Gasteiger partial charge in [0.05, 0.1) is 25.8 Å². The van der Waals surface area contributed by atoms with E-state index in [1.54, 1.807) is 18.2 Å². The van der Waals surface area contributed by atoms with Gasteiger partial charge in [-0.1, -0.05) is 6.42 Å². The molecule has 2 N–H and O–H groups in total. The lowest BCUT2D eigenvalue weighted by atomic mass is 9.81. The van der Waals surface area contributed by atoms with E-state index in [-0.39, 0.29) is 35.9 Å². The average Bonchev–Trinajstić information content (AvgIpc) is 2.68. The van der Waals surface area contributed by atoms with Crippen LogP contribution in [0.3, 0.4) is 0 Å². The number of nitrogens with zero attached hydrogens (tertiary/aromatic N) is 1. The van der Waals surface area contributed by atoms with Crippen LogP contribution < -0.4 is 15.4 Å². The van der Waals surface area contributed by atoms with Crippen LogP contribution in [0.5, 0.6) is 5.75 Å². The molecule has 2 amide bonds. The first-order chi connectivity index (χ1) is 14.4. The molecule has 1 aromatic rings. The molecule has 0 saturated carbocycles. The van der Waals surface area contributed by atoms with Crippen molar-refractivity contribution in [2.75, 3.05) is 25.6 Å². The zero-order valence-electron chi connectivity index (χ0n) is 17.9. The average molecular weight is 418 g/mol. The van der Waals surface area contributed by atoms with Crippen molar-refractivity contribution in [1.82, 2.24) is 10.2 Å². The highest BCUT2D eigenvalue weighted by Gasteiger charge is 2.39. The summed E-state index contributed by atoms with van der Waals surface area (Å²) in [5.74, 6) is -0.141. The Balaban J connectivity index is 1.65. The number of esters is 1. The topological polar surface area (TPSA) is 97.0 Å². The Morgan fingerprint density at radius 3 is 2.47 bits per heavy atom. The zero-order valence-corrected chi connectivity index (χ0v) is 17.9. The summed E-state index contributed by atoms with van der Waals surface area (Å²) in [6.07, 6.45) is 4.82. The molecule has 2 aliphatic rings. The van der Waals surface area contributed by atoms with Crippen molar-refractivity contribution in [3.63, 3.8) is 0 Å². The smallest absolute Gasteiger partial charge is 0.320 e. The minimum Gasteiger partial charge on any atom is -0.496 e. The Kier molecular flexibility index (Phi) is 7.31. The van der Waals surface area contributed by atoms with Gasteiger partial charge in [-0.2, -0.15) is 0 Å². The monoisotopic (exact) mass is 417 g/mol. The minimum absolute atomic E-state index is 0.0472. The van der Waals surface area contributed by atoms with Crippen LogP contribution in [0.2, 0.25) is 0 Å². The van der Waals surface area contributed by atoms with Crippen LogP contribution >= 0.6 is 0 Å². The summed E-state index contributed by atoms with van der Waals surface area (Å²) in [5, 5.41) is 5.84. The second-order valence-corrected chi connectivity index (χ2v) is 7.95. The van der Waals surface area contributed by atoms with Gasteiger partial charge in [-0.3, -0.25) is 19.3 Å². The predicted octanol–water partition coefficient (Wildman–Crippen LogP) is 2.33. The summed E-state index contributed by atoms with van der Waals surface area (Å²) >= 11 is 0. The lowest BCUT2D eigenvalue weighted by Gasteiger charge is -2.48. The number of amides is 2. The van der Waals surface area contributed by atoms with Crippen LogP contribution in [-0.4, -0.2) is 61.1 Å². The molecule has 1 unspecified atom stereocenters. The number of hydrogen-bond donors (Lipinski definition) is 2. The van der Waals surface area contributed by atoms with Crippen LogP contribution in [0.15, 0.2) is 18.2 Å². The number of rotatable bonds is 7. The van der Waals surface area contributed by atoms with Crippen LogP contribution in [-0.2, 0) is 14.3 Å². The number of anilines is 1. The molecule has 2 fully saturated rings. The Bertz CT molecular complexity index is 783. The zero-order chi connectivity index (χ0) is 21.7. The normalized spacial score (nSPS) is 23.4. The molecule has 30 heavy (non-hydrogen) atoms. The third-order valence-corrected chi connectivity index (χ3v) is 5.84. The highest BCUT2D eigenvalue weighted by atomic mass is 16.5. The van der Waals surface area contributed by atoms with Gasteiger partial charge < -0.3 is 20.1 Å². The van der Waals surface area contributed by atoms with E-state index >= 15 is 0 Å². The standard InChI is InChI=1S/C22H31N3O5/c1-4-30-21(27)13-25-17-6-5-7-18(25)11-16(10-17)24-22(28)19-9-8-15(23-14(2)26)12-20(19)29-3/h8-9,12,16-18H,4-7,10-11,13H2,1-3H3,(H,23,26)(H,24,28)/t16?,17-,18+. The first-order valence-corrected chi connectivity index (χ1v) is 10.6. The van der Waals surface area contributed by atoms with Gasteiger partial charge in [0, 0.05) is 36.8 Å². The first kappa shape index (κ1) is 22.1. The number of methoxy groups -OCH3 is 1. The Labute approximate surface area is 177 Å². The van der Waals surface area contributed by atoms with E-state index in [0.29, 0.717) is 30.2 Å². The summed E-state index contributed by atoms with van der Waals surface area (Å²) in [5.41, 5.74) is 1.02. The summed E-state index contributed by atoms with van der Waals surface area (Å²) in [6, 6.07) is 5.59. The molecular weight excluding hydrogens is 386 g/mol. The molecule has 3 atom stereocenters. The Morgan fingerprint density at radius 2 is 1.87 bits per heavy atom. The second kappa shape index (κ2) is 9.93. The number of carbonyl (C=O) groups excluding carboxylic acids is 3. The van der Waals surface area contributed by atoms with Gasteiger partial charge in [0.2, 0.25) is 5.91 Å². The number of fused-ring (bicyclic) bond motifs is 2. The summed E-state index contributed by atoms with van der Waals surface area (Å²) in [6.45, 7) is 3.96. The summed E-state index contributed by atoms with van der Waals surface area (Å²) in [7, 11) is 1.50. The molecular formula is C22H31N3O5. The third kappa shape index (κ3) is 5.30. The number of benzene rings is 1. The van der Waals surface area contributed by atoms with Crippen LogP contribution in [0.4, 0.5) is 5.69 Å². The van der Waals surface area contributed by atoms with E-state index < -0.39 is 0 Å². The van der Waals surface area contributed by atoms with Crippen LogP contribution in [0.1, 0.15) is 56.3 Å². The Morgan fingerprint density at radius 1 is 1.17 bits per heavy atom. The molecule has 0 aliphatic carbocycles. The molecule has 0 radical (unpaired) electrons. The maximum Gasteiger partial charge on any atom is 0.320 e. The number of piperidine rings is 2. The molecule has 164 valence electrons. The molecule has 2 saturated heterocycles. The fourth-order valence-corrected chi connectivity index (χ4v) is 4.63. The predicted molar refractivity (Wildman–Crippen MR) is 113 cm³/mol. The number of ether oxygens (including phenoxy) is 2. The Hall–Kier alpha value is -2.61. The molecule has 0 aromatic heterocycles. The molecule has 8 heteroatoms. The van der Waals surface area contributed by atoms with Gasteiger partial charge >= 0.3 is 5.97 Å². The van der Waals surface area contributed by atoms with Crippen molar-refractivity contribution in [3.8, 4) is 5.75 Å². The van der Waals surface area contributed by atoms with Crippen molar-refractivity contribution in [1.29, 1.82) is 0 Å². The second-order valence-electron chi connectivity index (χ2n) is 7.95. The highest BCUT2D eigenvalue weighted by Crippen LogP contribution is 2.34. The van der Waals surface area contributed by atoms with Crippen molar-refractivity contribution in [2.24, 2.45) is 0 Å². The SMILES string of the molecule is CCOC(=O)CN1[C@@H]2CCC[C@H]1CC(NC(=O)c1ccc(NC(C)=O)cc1OC)C2. The fourth-order valence-electron chi connectivity index (χ4n) is 4.63. The van der Waals surface area contributed by atoms with Crippen molar-refractivity contribution >= 4 is 23.5 Å². The van der Waals surface area contributed by atoms with E-state index in [0.717, 1.165) is 32.1 Å². The highest BCUT2D eigenvalue weighted by molar-refractivity contribution is 5.98. The fraction of sp³-hybridized carbons (Fsp3) is 0.591. The van der Waals surface area contributed by atoms with E-state index in [1.807, 2.05) is 6.92 Å². The molecule has 1 aromatic carbocycles. The van der Waals surface area contributed by atoms with Gasteiger partial charge in [-0.05, 0) is 44.7 Å². The molecule has 2 heterocycles. The maximum atomic E-state index is 12.9. The van der Waals surface area contributed by atoms with Crippen molar-refractivity contribution < 1.29 is 23.9 Å². The lowest BCUT2D eigenvalue weighted by molar-refractivity contribution is -0.147. The van der Waals surface area contributed by atoms with Crippen molar-refractivity contribution in [3.05, 3.63) is 23.8 Å². The first-order valence-electron chi connectivity index (χ1n) is 10.6. The van der Waals surface area contributed by atoms with Crippen LogP contribution in [0, 0.1) is 0 Å². The van der Waals surface area contributed by atoms with Crippen LogP contribution in [0.25, 0.3) is 0 Å². The molecule has 2 bridgehead atoms. The summed E-state index contributed by atoms with van der Waals surface area (Å²) in [4.78, 5) is 38.4. The van der Waals surface area contributed by atoms with E-state index in [1.165, 1.54) is 14.0 Å². The van der Waals surface area contributed by atoms with Gasteiger partial charge in [0.1, 0.15) is 5.75 Å². The van der Waals surface area contributed by atoms with Crippen molar-refractivity contribution in [2.45, 2.75) is 64.1 Å². The molecule has 0 spiro atoms. The third-order valence-electron chi connectivity index (χ3n) is 5.84. The molecule has 3 rings (SSSR count). The molecule has 2 aliphatic heterocycles. The quantitative estimate of drug-likeness (QED) is 0.661. The van der Waals surface area contributed by atoms with Gasteiger partial charge in [0.15, 0.2) is 0 Å². The van der Waals surface area contributed by atoms with Gasteiger partial charge in [-0.15, -0.1) is 0 Å². The largest absolute Gasteiger partial charge is 0.496 e. The maximum absolute atomic E-state index is 12.9. The van der Waals surface area contributed by atoms with E-state index in [2.05, 4.69) is 15.5 Å².